The van der Waals surface area contributed by atoms with E-state index in [-0.39, 0.29) is 12.5 Å². The number of ether oxygens (including phenoxy) is 1. The lowest BCUT2D eigenvalue weighted by atomic mass is 10.1. The van der Waals surface area contributed by atoms with E-state index >= 15 is 0 Å². The van der Waals surface area contributed by atoms with Crippen LogP contribution in [0.4, 0.5) is 22.0 Å². The lowest BCUT2D eigenvalue weighted by Crippen LogP contribution is -2.31. The standard InChI is InChI=1S/C20H19N5O3/c1-28-20(27)25(18-12-22-10-11-23-18)13-14-6-8-15(9-7-14)19(26)24-17-5-3-2-4-16(17)21/h2-12H,13,21H2,1H3,(H,24,26). The highest BCUT2D eigenvalue weighted by Crippen LogP contribution is 2.19. The first-order valence-corrected chi connectivity index (χ1v) is 8.45. The number of hydrogen-bond donors (Lipinski definition) is 2. The summed E-state index contributed by atoms with van der Waals surface area (Å²) < 4.78 is 4.82. The van der Waals surface area contributed by atoms with Gasteiger partial charge in [-0.05, 0) is 29.8 Å². The highest BCUT2D eigenvalue weighted by atomic mass is 16.5. The Balaban J connectivity index is 1.73. The minimum absolute atomic E-state index is 0.221. The number of nitrogen functional groups attached to an aromatic ring is 1. The van der Waals surface area contributed by atoms with Gasteiger partial charge in [0.25, 0.3) is 5.91 Å². The van der Waals surface area contributed by atoms with Crippen molar-refractivity contribution < 1.29 is 14.3 Å². The largest absolute Gasteiger partial charge is 0.452 e. The van der Waals surface area contributed by atoms with Gasteiger partial charge in [0.2, 0.25) is 0 Å². The Morgan fingerprint density at radius 1 is 1.11 bits per heavy atom. The average molecular weight is 377 g/mol. The Morgan fingerprint density at radius 2 is 1.86 bits per heavy atom. The number of rotatable bonds is 5. The number of aromatic nitrogens is 2. The van der Waals surface area contributed by atoms with Gasteiger partial charge in [0.1, 0.15) is 0 Å². The second-order valence-electron chi connectivity index (χ2n) is 5.86. The third-order valence-corrected chi connectivity index (χ3v) is 3.99. The summed E-state index contributed by atoms with van der Waals surface area (Å²) >= 11 is 0. The fourth-order valence-corrected chi connectivity index (χ4v) is 2.53. The lowest BCUT2D eigenvalue weighted by molar-refractivity contribution is 0.102. The van der Waals surface area contributed by atoms with E-state index in [1.165, 1.54) is 30.6 Å². The van der Waals surface area contributed by atoms with Crippen molar-refractivity contribution in [3.05, 3.63) is 78.2 Å². The normalized spacial score (nSPS) is 10.2. The van der Waals surface area contributed by atoms with Crippen molar-refractivity contribution in [1.29, 1.82) is 0 Å². The van der Waals surface area contributed by atoms with Gasteiger partial charge in [0.05, 0.1) is 31.2 Å². The number of carbonyl (C=O) groups is 2. The molecule has 2 amide bonds. The fraction of sp³-hybridized carbons (Fsp3) is 0.100. The second kappa shape index (κ2) is 8.63. The Kier molecular flexibility index (Phi) is 5.81. The molecule has 28 heavy (non-hydrogen) atoms. The third kappa shape index (κ3) is 4.42. The van der Waals surface area contributed by atoms with Crippen LogP contribution in [0.2, 0.25) is 0 Å². The molecule has 3 aromatic rings. The van der Waals surface area contributed by atoms with E-state index in [1.807, 2.05) is 0 Å². The molecular formula is C20H19N5O3. The van der Waals surface area contributed by atoms with Crippen LogP contribution >= 0.6 is 0 Å². The van der Waals surface area contributed by atoms with Crippen molar-refractivity contribution in [2.45, 2.75) is 6.54 Å². The number of nitrogens with two attached hydrogens (primary N) is 1. The molecule has 1 aromatic heterocycles. The van der Waals surface area contributed by atoms with Crippen LogP contribution < -0.4 is 16.0 Å². The van der Waals surface area contributed by atoms with Crippen molar-refractivity contribution in [3.63, 3.8) is 0 Å². The number of nitrogens with one attached hydrogen (secondary N) is 1. The number of benzene rings is 2. The maximum Gasteiger partial charge on any atom is 0.415 e. The molecule has 0 aliphatic heterocycles. The van der Waals surface area contributed by atoms with E-state index in [4.69, 9.17) is 10.5 Å². The quantitative estimate of drug-likeness (QED) is 0.661. The van der Waals surface area contributed by atoms with Crippen LogP contribution in [0.3, 0.4) is 0 Å². The molecule has 0 fully saturated rings. The molecule has 8 nitrogen and oxygen atoms in total. The van der Waals surface area contributed by atoms with Gasteiger partial charge >= 0.3 is 6.09 Å². The Hall–Kier alpha value is -3.94. The summed E-state index contributed by atoms with van der Waals surface area (Å²) in [5.74, 6) is 0.0962. The van der Waals surface area contributed by atoms with Gasteiger partial charge in [-0.2, -0.15) is 0 Å². The predicted octanol–water partition coefficient (Wildman–Crippen LogP) is 3.08. The summed E-state index contributed by atoms with van der Waals surface area (Å²) in [5.41, 5.74) is 8.16. The zero-order valence-electron chi connectivity index (χ0n) is 15.2. The van der Waals surface area contributed by atoms with E-state index in [0.717, 1.165) is 5.56 Å². The zero-order valence-corrected chi connectivity index (χ0v) is 15.2. The maximum atomic E-state index is 12.4. The first-order valence-electron chi connectivity index (χ1n) is 8.45. The van der Waals surface area contributed by atoms with Crippen LogP contribution in [0.5, 0.6) is 0 Å². The lowest BCUT2D eigenvalue weighted by Gasteiger charge is -2.19. The number of hydrogen-bond acceptors (Lipinski definition) is 6. The number of para-hydroxylation sites is 2. The van der Waals surface area contributed by atoms with Crippen molar-refractivity contribution in [2.75, 3.05) is 23.1 Å². The van der Waals surface area contributed by atoms with Gasteiger partial charge in [0, 0.05) is 18.0 Å². The summed E-state index contributed by atoms with van der Waals surface area (Å²) in [5, 5.41) is 2.77. The van der Waals surface area contributed by atoms with Crippen LogP contribution in [-0.4, -0.2) is 29.1 Å². The van der Waals surface area contributed by atoms with Gasteiger partial charge in [-0.15, -0.1) is 0 Å². The van der Waals surface area contributed by atoms with E-state index < -0.39 is 6.09 Å². The SMILES string of the molecule is COC(=O)N(Cc1ccc(C(=O)Nc2ccccc2N)cc1)c1cnccn1. The van der Waals surface area contributed by atoms with Crippen molar-refractivity contribution >= 4 is 29.2 Å². The molecule has 2 aromatic carbocycles. The molecule has 3 N–H and O–H groups in total. The van der Waals surface area contributed by atoms with Crippen molar-refractivity contribution in [1.82, 2.24) is 9.97 Å². The second-order valence-corrected chi connectivity index (χ2v) is 5.86. The van der Waals surface area contributed by atoms with Gasteiger partial charge in [-0.3, -0.25) is 14.7 Å². The summed E-state index contributed by atoms with van der Waals surface area (Å²) in [6, 6.07) is 13.9. The van der Waals surface area contributed by atoms with Crippen LogP contribution in [-0.2, 0) is 11.3 Å². The highest BCUT2D eigenvalue weighted by Gasteiger charge is 2.18. The number of anilines is 3. The number of methoxy groups -OCH3 is 1. The number of carbonyl (C=O) groups excluding carboxylic acids is 2. The average Bonchev–Trinajstić information content (AvgIpc) is 2.74. The minimum atomic E-state index is -0.554. The molecule has 0 radical (unpaired) electrons. The first kappa shape index (κ1) is 18.8. The van der Waals surface area contributed by atoms with Crippen LogP contribution in [0.25, 0.3) is 0 Å². The fourth-order valence-electron chi connectivity index (χ4n) is 2.53. The molecule has 0 unspecified atom stereocenters. The summed E-state index contributed by atoms with van der Waals surface area (Å²) in [6.45, 7) is 0.221. The number of amides is 2. The van der Waals surface area contributed by atoms with Gasteiger partial charge in [-0.25, -0.2) is 9.78 Å². The van der Waals surface area contributed by atoms with Crippen LogP contribution in [0, 0.1) is 0 Å². The molecule has 0 atom stereocenters. The predicted molar refractivity (Wildman–Crippen MR) is 106 cm³/mol. The van der Waals surface area contributed by atoms with E-state index in [0.29, 0.717) is 22.8 Å². The smallest absolute Gasteiger partial charge is 0.415 e. The molecule has 142 valence electrons. The molecule has 1 heterocycles. The Bertz CT molecular complexity index is 961. The van der Waals surface area contributed by atoms with Crippen LogP contribution in [0.1, 0.15) is 15.9 Å². The summed E-state index contributed by atoms with van der Waals surface area (Å²) in [6.07, 6.45) is 3.94. The molecular weight excluding hydrogens is 358 g/mol. The van der Waals surface area contributed by atoms with Gasteiger partial charge in [-0.1, -0.05) is 24.3 Å². The minimum Gasteiger partial charge on any atom is -0.452 e. The molecule has 3 rings (SSSR count). The van der Waals surface area contributed by atoms with E-state index in [9.17, 15) is 9.59 Å². The Labute approximate surface area is 162 Å². The highest BCUT2D eigenvalue weighted by molar-refractivity contribution is 6.05. The monoisotopic (exact) mass is 377 g/mol. The summed E-state index contributed by atoms with van der Waals surface area (Å²) in [4.78, 5) is 34.0. The molecule has 0 aliphatic carbocycles. The maximum absolute atomic E-state index is 12.4. The van der Waals surface area contributed by atoms with Gasteiger partial charge < -0.3 is 15.8 Å². The van der Waals surface area contributed by atoms with Crippen molar-refractivity contribution in [2.24, 2.45) is 0 Å². The molecule has 0 spiro atoms. The molecule has 0 saturated carbocycles. The van der Waals surface area contributed by atoms with Gasteiger partial charge in [0.15, 0.2) is 5.82 Å². The van der Waals surface area contributed by atoms with Crippen molar-refractivity contribution in [3.8, 4) is 0 Å². The molecule has 0 bridgehead atoms. The summed E-state index contributed by atoms with van der Waals surface area (Å²) in [7, 11) is 1.30. The molecule has 0 saturated heterocycles. The van der Waals surface area contributed by atoms with E-state index in [1.54, 1.807) is 48.5 Å². The topological polar surface area (TPSA) is 110 Å². The third-order valence-electron chi connectivity index (χ3n) is 3.99. The molecule has 8 heteroatoms. The number of nitrogens with zero attached hydrogens (tertiary/aromatic N) is 3. The first-order chi connectivity index (χ1) is 13.6. The zero-order chi connectivity index (χ0) is 19.9. The molecule has 0 aliphatic rings. The Morgan fingerprint density at radius 3 is 2.50 bits per heavy atom. The van der Waals surface area contributed by atoms with E-state index in [2.05, 4.69) is 15.3 Å². The van der Waals surface area contributed by atoms with Crippen LogP contribution in [0.15, 0.2) is 67.1 Å².